The summed E-state index contributed by atoms with van der Waals surface area (Å²) in [7, 11) is -3.55. The van der Waals surface area contributed by atoms with Gasteiger partial charge in [0, 0.05) is 23.6 Å². The first-order valence-electron chi connectivity index (χ1n) is 12.7. The first kappa shape index (κ1) is 26.2. The zero-order chi connectivity index (χ0) is 28.1. The SMILES string of the molecule is O=C(NCc1ccc(S(=O)(=O)CCO)cc1)c1ccc2c(c1)nc(C1CC1)n2Cc1cccc2c1OC(F)(F)O2. The Hall–Kier alpha value is -4.03. The largest absolute Gasteiger partial charge is 0.586 e. The number of aliphatic hydroxyl groups is 1. The number of carbonyl (C=O) groups is 1. The Morgan fingerprint density at radius 2 is 1.88 bits per heavy atom. The number of aromatic nitrogens is 2. The standard InChI is InChI=1S/C28H25F2N3O6S/c29-28(30)38-24-3-1-2-20(25(24)39-28)16-33-23-11-8-19(14-22(23)32-26(33)18-6-7-18)27(35)31-15-17-4-9-21(10-5-17)40(36,37)13-12-34/h1-5,8-11,14,18,34H,6-7,12-13,15-16H2,(H,31,35). The molecule has 0 radical (unpaired) electrons. The van der Waals surface area contributed by atoms with Gasteiger partial charge >= 0.3 is 6.29 Å². The van der Waals surface area contributed by atoms with Crippen molar-refractivity contribution in [3.63, 3.8) is 0 Å². The van der Waals surface area contributed by atoms with E-state index in [1.165, 1.54) is 18.2 Å². The average molecular weight is 570 g/mol. The van der Waals surface area contributed by atoms with Gasteiger partial charge in [0.15, 0.2) is 21.3 Å². The highest BCUT2D eigenvalue weighted by Crippen LogP contribution is 2.45. The number of nitrogens with zero attached hydrogens (tertiary/aromatic N) is 2. The molecule has 1 saturated carbocycles. The number of alkyl halides is 2. The van der Waals surface area contributed by atoms with Crippen molar-refractivity contribution < 1.29 is 36.6 Å². The molecule has 1 fully saturated rings. The smallest absolute Gasteiger partial charge is 0.395 e. The minimum Gasteiger partial charge on any atom is -0.395 e. The number of imidazole rings is 1. The van der Waals surface area contributed by atoms with Gasteiger partial charge in [0.25, 0.3) is 5.91 Å². The molecule has 0 saturated heterocycles. The van der Waals surface area contributed by atoms with E-state index >= 15 is 0 Å². The van der Waals surface area contributed by atoms with Gasteiger partial charge in [-0.05, 0) is 54.8 Å². The molecule has 12 heteroatoms. The third-order valence-corrected chi connectivity index (χ3v) is 8.63. The van der Waals surface area contributed by atoms with Gasteiger partial charge in [-0.15, -0.1) is 8.78 Å². The van der Waals surface area contributed by atoms with E-state index in [9.17, 15) is 22.0 Å². The van der Waals surface area contributed by atoms with Crippen LogP contribution in [0.3, 0.4) is 0 Å². The lowest BCUT2D eigenvalue weighted by molar-refractivity contribution is -0.286. The second kappa shape index (κ2) is 9.86. The van der Waals surface area contributed by atoms with Crippen molar-refractivity contribution in [1.29, 1.82) is 0 Å². The summed E-state index contributed by atoms with van der Waals surface area (Å²) in [5, 5.41) is 11.8. The van der Waals surface area contributed by atoms with E-state index in [4.69, 9.17) is 14.8 Å². The molecule has 0 bridgehead atoms. The molecule has 1 amide bonds. The van der Waals surface area contributed by atoms with Crippen LogP contribution in [0.1, 0.15) is 46.1 Å². The van der Waals surface area contributed by atoms with Gasteiger partial charge in [-0.3, -0.25) is 4.79 Å². The Morgan fingerprint density at radius 1 is 1.10 bits per heavy atom. The highest BCUT2D eigenvalue weighted by atomic mass is 32.2. The van der Waals surface area contributed by atoms with Gasteiger partial charge in [0.05, 0.1) is 34.8 Å². The average Bonchev–Trinajstić information content (AvgIpc) is 3.63. The van der Waals surface area contributed by atoms with Gasteiger partial charge in [-0.2, -0.15) is 0 Å². The highest BCUT2D eigenvalue weighted by molar-refractivity contribution is 7.91. The molecule has 6 rings (SSSR count). The Morgan fingerprint density at radius 3 is 2.60 bits per heavy atom. The number of nitrogens with one attached hydrogen (secondary N) is 1. The van der Waals surface area contributed by atoms with E-state index in [0.717, 1.165) is 24.2 Å². The van der Waals surface area contributed by atoms with E-state index in [0.29, 0.717) is 22.2 Å². The van der Waals surface area contributed by atoms with Crippen molar-refractivity contribution in [3.8, 4) is 11.5 Å². The van der Waals surface area contributed by atoms with Crippen molar-refractivity contribution in [1.82, 2.24) is 14.9 Å². The molecule has 40 heavy (non-hydrogen) atoms. The molecule has 2 heterocycles. The third-order valence-electron chi connectivity index (χ3n) is 6.92. The Bertz CT molecular complexity index is 1720. The summed E-state index contributed by atoms with van der Waals surface area (Å²) in [4.78, 5) is 17.8. The number of hydrogen-bond acceptors (Lipinski definition) is 7. The number of halogens is 2. The Kier molecular flexibility index (Phi) is 6.46. The van der Waals surface area contributed by atoms with Crippen molar-refractivity contribution in [2.45, 2.75) is 43.0 Å². The molecule has 2 N–H and O–H groups in total. The zero-order valence-electron chi connectivity index (χ0n) is 21.1. The van der Waals surface area contributed by atoms with Crippen LogP contribution in [-0.2, 0) is 22.9 Å². The van der Waals surface area contributed by atoms with Gasteiger partial charge in [0.2, 0.25) is 0 Å². The maximum atomic E-state index is 13.7. The molecular weight excluding hydrogens is 544 g/mol. The second-order valence-corrected chi connectivity index (χ2v) is 11.9. The Labute approximate surface area is 228 Å². The second-order valence-electron chi connectivity index (χ2n) is 9.81. The maximum Gasteiger partial charge on any atom is 0.586 e. The van der Waals surface area contributed by atoms with Crippen LogP contribution < -0.4 is 14.8 Å². The van der Waals surface area contributed by atoms with E-state index in [2.05, 4.69) is 10.1 Å². The predicted octanol–water partition coefficient (Wildman–Crippen LogP) is 3.98. The summed E-state index contributed by atoms with van der Waals surface area (Å²) in [6.07, 6.45) is -1.76. The lowest BCUT2D eigenvalue weighted by atomic mass is 10.1. The number of ether oxygens (including phenoxy) is 2. The summed E-state index contributed by atoms with van der Waals surface area (Å²) in [5.74, 6) is 0.396. The number of sulfone groups is 1. The predicted molar refractivity (Wildman–Crippen MR) is 140 cm³/mol. The monoisotopic (exact) mass is 569 g/mol. The molecule has 4 aromatic rings. The molecule has 0 unspecified atom stereocenters. The number of para-hydroxylation sites is 1. The zero-order valence-corrected chi connectivity index (χ0v) is 22.0. The van der Waals surface area contributed by atoms with Crippen LogP contribution in [0.25, 0.3) is 11.0 Å². The normalized spacial score (nSPS) is 15.9. The maximum absolute atomic E-state index is 13.7. The molecule has 1 aliphatic carbocycles. The van der Waals surface area contributed by atoms with Gasteiger partial charge in [0.1, 0.15) is 5.82 Å². The van der Waals surface area contributed by atoms with Gasteiger partial charge < -0.3 is 24.5 Å². The molecule has 208 valence electrons. The molecule has 0 spiro atoms. The number of amides is 1. The first-order valence-corrected chi connectivity index (χ1v) is 14.4. The lowest BCUT2D eigenvalue weighted by Crippen LogP contribution is -2.26. The van der Waals surface area contributed by atoms with E-state index in [1.54, 1.807) is 42.5 Å². The van der Waals surface area contributed by atoms with E-state index in [-0.39, 0.29) is 47.1 Å². The van der Waals surface area contributed by atoms with Crippen molar-refractivity contribution in [3.05, 3.63) is 83.2 Å². The molecule has 1 aromatic heterocycles. The third kappa shape index (κ3) is 5.11. The number of hydrogen-bond donors (Lipinski definition) is 2. The van der Waals surface area contributed by atoms with Gasteiger partial charge in [-0.1, -0.05) is 24.3 Å². The van der Waals surface area contributed by atoms with Crippen LogP contribution in [0.15, 0.2) is 65.6 Å². The minimum atomic E-state index is -3.71. The van der Waals surface area contributed by atoms with Crippen molar-refractivity contribution >= 4 is 26.8 Å². The summed E-state index contributed by atoms with van der Waals surface area (Å²) < 4.78 is 62.9. The molecular formula is C28H25F2N3O6S. The number of fused-ring (bicyclic) bond motifs is 2. The number of rotatable bonds is 9. The fraction of sp³-hybridized carbons (Fsp3) is 0.286. The molecule has 9 nitrogen and oxygen atoms in total. The summed E-state index contributed by atoms with van der Waals surface area (Å²) in [6, 6.07) is 16.1. The summed E-state index contributed by atoms with van der Waals surface area (Å²) in [5.41, 5.74) is 3.03. The minimum absolute atomic E-state index is 0.00567. The van der Waals surface area contributed by atoms with Crippen LogP contribution >= 0.6 is 0 Å². The molecule has 0 atom stereocenters. The molecule has 1 aliphatic heterocycles. The number of aliphatic hydroxyl groups excluding tert-OH is 1. The highest BCUT2D eigenvalue weighted by Gasteiger charge is 2.44. The van der Waals surface area contributed by atoms with Crippen LogP contribution in [-0.4, -0.2) is 47.6 Å². The topological polar surface area (TPSA) is 120 Å². The van der Waals surface area contributed by atoms with Gasteiger partial charge in [-0.25, -0.2) is 13.4 Å². The number of benzene rings is 3. The molecule has 2 aliphatic rings. The van der Waals surface area contributed by atoms with E-state index in [1.807, 2.05) is 4.57 Å². The van der Waals surface area contributed by atoms with Crippen LogP contribution in [0.4, 0.5) is 8.78 Å². The van der Waals surface area contributed by atoms with Crippen molar-refractivity contribution in [2.75, 3.05) is 12.4 Å². The first-order chi connectivity index (χ1) is 19.1. The van der Waals surface area contributed by atoms with Crippen molar-refractivity contribution in [2.24, 2.45) is 0 Å². The number of carbonyl (C=O) groups excluding carboxylic acids is 1. The fourth-order valence-electron chi connectivity index (χ4n) is 4.77. The Balaban J connectivity index is 1.21. The fourth-order valence-corrected chi connectivity index (χ4v) is 5.79. The molecule has 3 aromatic carbocycles. The lowest BCUT2D eigenvalue weighted by Gasteiger charge is -2.12. The summed E-state index contributed by atoms with van der Waals surface area (Å²) >= 11 is 0. The van der Waals surface area contributed by atoms with E-state index < -0.39 is 22.7 Å². The van der Waals surface area contributed by atoms with Crippen LogP contribution in [0.2, 0.25) is 0 Å². The van der Waals surface area contributed by atoms with Crippen LogP contribution in [0, 0.1) is 0 Å². The van der Waals surface area contributed by atoms with Crippen LogP contribution in [0.5, 0.6) is 11.5 Å². The quantitative estimate of drug-likeness (QED) is 0.313. The summed E-state index contributed by atoms with van der Waals surface area (Å²) in [6.45, 7) is -0.0211.